The summed E-state index contributed by atoms with van der Waals surface area (Å²) >= 11 is 0. The topological polar surface area (TPSA) is 98.7 Å². The molecule has 0 bridgehead atoms. The number of aliphatic carboxylic acids is 1. The summed E-state index contributed by atoms with van der Waals surface area (Å²) in [6.07, 6.45) is 1.21. The Hall–Kier alpha value is -1.79. The normalized spacial score (nSPS) is 20.1. The van der Waals surface area contributed by atoms with Gasteiger partial charge in [0.05, 0.1) is 5.92 Å². The Morgan fingerprint density at radius 2 is 2.28 bits per heavy atom. The average molecular weight is 257 g/mol. The molecule has 0 aromatic rings. The number of hydrogen-bond donors (Lipinski definition) is 3. The second-order valence-corrected chi connectivity index (χ2v) is 4.61. The van der Waals surface area contributed by atoms with Gasteiger partial charge in [-0.05, 0) is 6.42 Å². The number of nitrogens with one attached hydrogen (secondary N) is 2. The highest BCUT2D eigenvalue weighted by Crippen LogP contribution is 2.05. The zero-order valence-corrected chi connectivity index (χ0v) is 10.6. The number of amides is 3. The molecule has 0 aromatic heterocycles. The molecule has 0 saturated carbocycles. The van der Waals surface area contributed by atoms with E-state index < -0.39 is 11.9 Å². The molecule has 3 amide bonds. The molecule has 0 aromatic carbocycles. The lowest BCUT2D eigenvalue weighted by Crippen LogP contribution is -2.45. The summed E-state index contributed by atoms with van der Waals surface area (Å²) in [5.41, 5.74) is 0. The van der Waals surface area contributed by atoms with E-state index >= 15 is 0 Å². The van der Waals surface area contributed by atoms with Crippen LogP contribution in [0.5, 0.6) is 0 Å². The van der Waals surface area contributed by atoms with Gasteiger partial charge >= 0.3 is 12.0 Å². The maximum absolute atomic E-state index is 11.6. The van der Waals surface area contributed by atoms with E-state index in [9.17, 15) is 14.4 Å². The molecule has 2 unspecified atom stereocenters. The largest absolute Gasteiger partial charge is 0.481 e. The van der Waals surface area contributed by atoms with Crippen LogP contribution in [0.4, 0.5) is 4.79 Å². The highest BCUT2D eigenvalue weighted by atomic mass is 16.4. The number of rotatable bonds is 5. The van der Waals surface area contributed by atoms with E-state index in [4.69, 9.17) is 5.11 Å². The van der Waals surface area contributed by atoms with Crippen LogP contribution in [0.1, 0.15) is 19.8 Å². The van der Waals surface area contributed by atoms with Gasteiger partial charge in [0, 0.05) is 32.6 Å². The van der Waals surface area contributed by atoms with Crippen LogP contribution in [-0.2, 0) is 9.59 Å². The molecule has 1 fully saturated rings. The minimum Gasteiger partial charge on any atom is -0.481 e. The molecule has 1 aliphatic heterocycles. The molecule has 0 spiro atoms. The van der Waals surface area contributed by atoms with Gasteiger partial charge in [0.25, 0.3) is 0 Å². The zero-order valence-electron chi connectivity index (χ0n) is 10.6. The Bertz CT molecular complexity index is 345. The summed E-state index contributed by atoms with van der Waals surface area (Å²) in [6.45, 7) is 2.07. The van der Waals surface area contributed by atoms with Crippen molar-refractivity contribution in [3.63, 3.8) is 0 Å². The maximum Gasteiger partial charge on any atom is 0.317 e. The number of carbonyl (C=O) groups is 3. The lowest BCUT2D eigenvalue weighted by atomic mass is 10.2. The molecule has 7 heteroatoms. The van der Waals surface area contributed by atoms with Crippen LogP contribution in [0.15, 0.2) is 0 Å². The van der Waals surface area contributed by atoms with E-state index in [2.05, 4.69) is 10.6 Å². The van der Waals surface area contributed by atoms with Gasteiger partial charge in [0.2, 0.25) is 5.91 Å². The molecule has 18 heavy (non-hydrogen) atoms. The molecule has 0 radical (unpaired) electrons. The third kappa shape index (κ3) is 4.23. The highest BCUT2D eigenvalue weighted by Gasteiger charge is 2.22. The summed E-state index contributed by atoms with van der Waals surface area (Å²) in [5, 5.41) is 14.1. The smallest absolute Gasteiger partial charge is 0.317 e. The molecule has 3 N–H and O–H groups in total. The first-order valence-electron chi connectivity index (χ1n) is 5.91. The molecule has 1 aliphatic rings. The van der Waals surface area contributed by atoms with E-state index in [0.717, 1.165) is 0 Å². The van der Waals surface area contributed by atoms with Crippen LogP contribution in [-0.4, -0.2) is 54.1 Å². The molecule has 1 saturated heterocycles. The summed E-state index contributed by atoms with van der Waals surface area (Å²) in [6, 6.07) is -0.351. The van der Waals surface area contributed by atoms with Crippen molar-refractivity contribution in [3.05, 3.63) is 0 Å². The second kappa shape index (κ2) is 6.23. The fourth-order valence-electron chi connectivity index (χ4n) is 1.75. The van der Waals surface area contributed by atoms with E-state index in [1.54, 1.807) is 14.0 Å². The Labute approximate surface area is 106 Å². The van der Waals surface area contributed by atoms with Crippen LogP contribution < -0.4 is 10.6 Å². The van der Waals surface area contributed by atoms with E-state index in [0.29, 0.717) is 19.4 Å². The Balaban J connectivity index is 2.27. The van der Waals surface area contributed by atoms with Crippen molar-refractivity contribution < 1.29 is 19.5 Å². The van der Waals surface area contributed by atoms with Gasteiger partial charge in [0.15, 0.2) is 0 Å². The first-order chi connectivity index (χ1) is 8.40. The molecule has 1 heterocycles. The number of urea groups is 1. The van der Waals surface area contributed by atoms with Gasteiger partial charge in [-0.1, -0.05) is 6.92 Å². The van der Waals surface area contributed by atoms with E-state index in [1.165, 1.54) is 4.90 Å². The molecule has 2 atom stereocenters. The highest BCUT2D eigenvalue weighted by molar-refractivity contribution is 5.79. The summed E-state index contributed by atoms with van der Waals surface area (Å²) in [7, 11) is 1.54. The third-order valence-corrected chi connectivity index (χ3v) is 2.90. The van der Waals surface area contributed by atoms with Crippen LogP contribution in [0.25, 0.3) is 0 Å². The van der Waals surface area contributed by atoms with E-state index in [-0.39, 0.29) is 24.5 Å². The Morgan fingerprint density at radius 3 is 2.78 bits per heavy atom. The van der Waals surface area contributed by atoms with Crippen LogP contribution in [0.3, 0.4) is 0 Å². The minimum absolute atomic E-state index is 0.00195. The predicted molar refractivity (Wildman–Crippen MR) is 64.0 cm³/mol. The van der Waals surface area contributed by atoms with Gasteiger partial charge in [-0.2, -0.15) is 0 Å². The molecule has 1 rings (SSSR count). The average Bonchev–Trinajstić information content (AvgIpc) is 2.71. The van der Waals surface area contributed by atoms with Gasteiger partial charge in [-0.3, -0.25) is 9.59 Å². The van der Waals surface area contributed by atoms with Crippen molar-refractivity contribution >= 4 is 17.9 Å². The first kappa shape index (κ1) is 14.3. The molecular weight excluding hydrogens is 238 g/mol. The number of carboxylic acid groups (broad SMARTS) is 1. The van der Waals surface area contributed by atoms with E-state index in [1.807, 2.05) is 0 Å². The van der Waals surface area contributed by atoms with Crippen molar-refractivity contribution in [2.45, 2.75) is 25.8 Å². The van der Waals surface area contributed by atoms with Crippen molar-refractivity contribution in [2.75, 3.05) is 20.1 Å². The second-order valence-electron chi connectivity index (χ2n) is 4.61. The molecular formula is C11H19N3O4. The van der Waals surface area contributed by atoms with Gasteiger partial charge < -0.3 is 20.6 Å². The Kier molecular flexibility index (Phi) is 4.94. The molecule has 7 nitrogen and oxygen atoms in total. The Morgan fingerprint density at radius 1 is 1.61 bits per heavy atom. The van der Waals surface area contributed by atoms with Gasteiger partial charge in [-0.15, -0.1) is 0 Å². The number of hydrogen-bond acceptors (Lipinski definition) is 3. The van der Waals surface area contributed by atoms with Crippen molar-refractivity contribution in [3.8, 4) is 0 Å². The third-order valence-electron chi connectivity index (χ3n) is 2.90. The lowest BCUT2D eigenvalue weighted by molar-refractivity contribution is -0.141. The fourth-order valence-corrected chi connectivity index (χ4v) is 1.75. The van der Waals surface area contributed by atoms with Crippen LogP contribution in [0, 0.1) is 5.92 Å². The van der Waals surface area contributed by atoms with Crippen LogP contribution >= 0.6 is 0 Å². The summed E-state index contributed by atoms with van der Waals surface area (Å²) < 4.78 is 0. The molecule has 0 aliphatic carbocycles. The van der Waals surface area contributed by atoms with Crippen LogP contribution in [0.2, 0.25) is 0 Å². The number of carbonyl (C=O) groups excluding carboxylic acids is 2. The minimum atomic E-state index is -0.933. The monoisotopic (exact) mass is 257 g/mol. The van der Waals surface area contributed by atoms with Crippen molar-refractivity contribution in [1.29, 1.82) is 0 Å². The SMILES string of the molecule is CC(CN(C)C(=O)NCC1CCC(=O)N1)C(=O)O. The zero-order chi connectivity index (χ0) is 13.7. The first-order valence-corrected chi connectivity index (χ1v) is 5.91. The summed E-state index contributed by atoms with van der Waals surface area (Å²) in [4.78, 5) is 34.6. The van der Waals surface area contributed by atoms with Crippen molar-refractivity contribution in [1.82, 2.24) is 15.5 Å². The number of carboxylic acids is 1. The summed E-state index contributed by atoms with van der Waals surface area (Å²) in [5.74, 6) is -1.54. The van der Waals surface area contributed by atoms with Crippen molar-refractivity contribution in [2.24, 2.45) is 5.92 Å². The quantitative estimate of drug-likeness (QED) is 0.625. The standard InChI is InChI=1S/C11H19N3O4/c1-7(10(16)17)6-14(2)11(18)12-5-8-3-4-9(15)13-8/h7-8H,3-6H2,1-2H3,(H,12,18)(H,13,15)(H,16,17). The fraction of sp³-hybridized carbons (Fsp3) is 0.727. The lowest BCUT2D eigenvalue weighted by Gasteiger charge is -2.21. The predicted octanol–water partition coefficient (Wildman–Crippen LogP) is -0.373. The number of nitrogens with zero attached hydrogens (tertiary/aromatic N) is 1. The molecule has 102 valence electrons. The van der Waals surface area contributed by atoms with Gasteiger partial charge in [-0.25, -0.2) is 4.79 Å². The maximum atomic E-state index is 11.6. The van der Waals surface area contributed by atoms with Gasteiger partial charge in [0.1, 0.15) is 0 Å².